The number of anilines is 3. The number of aromatic nitrogens is 3. The molecule has 7 nitrogen and oxygen atoms in total. The summed E-state index contributed by atoms with van der Waals surface area (Å²) in [4.78, 5) is 23.8. The molecule has 0 unspecified atom stereocenters. The summed E-state index contributed by atoms with van der Waals surface area (Å²) in [5, 5.41) is 5.79. The quantitative estimate of drug-likeness (QED) is 0.861. The number of hydrogen-bond acceptors (Lipinski definition) is 6. The first-order chi connectivity index (χ1) is 9.63. The molecule has 0 saturated heterocycles. The third-order valence-corrected chi connectivity index (χ3v) is 2.89. The summed E-state index contributed by atoms with van der Waals surface area (Å²) >= 11 is 0. The highest BCUT2D eigenvalue weighted by Gasteiger charge is 2.21. The first-order valence-electron chi connectivity index (χ1n) is 6.12. The Hall–Kier alpha value is -2.70. The van der Waals surface area contributed by atoms with E-state index in [4.69, 9.17) is 4.74 Å². The maximum absolute atomic E-state index is 11.3. The Balaban J connectivity index is 1.95. The number of ether oxygens (including phenoxy) is 1. The van der Waals surface area contributed by atoms with Gasteiger partial charge in [-0.15, -0.1) is 0 Å². The number of carbonyl (C=O) groups is 1. The van der Waals surface area contributed by atoms with Crippen molar-refractivity contribution in [3.63, 3.8) is 0 Å². The lowest BCUT2D eigenvalue weighted by molar-refractivity contribution is -0.118. The Bertz CT molecular complexity index is 686. The number of rotatable bonds is 2. The number of nitrogens with zero attached hydrogens (tertiary/aromatic N) is 3. The number of hydrogen-bond donors (Lipinski definition) is 2. The number of aryl methyl sites for hydroxylation is 2. The molecular weight excluding hydrogens is 258 g/mol. The monoisotopic (exact) mass is 271 g/mol. The molecular formula is C13H13N5O2. The smallest absolute Gasteiger partial charge is 0.263 e. The molecule has 3 rings (SSSR count). The van der Waals surface area contributed by atoms with Gasteiger partial charge in [-0.25, -0.2) is 9.97 Å². The number of carbonyl (C=O) groups excluding carboxylic acids is 1. The highest BCUT2D eigenvalue weighted by atomic mass is 16.5. The third-order valence-electron chi connectivity index (χ3n) is 2.89. The summed E-state index contributed by atoms with van der Waals surface area (Å²) in [7, 11) is 0. The van der Waals surface area contributed by atoms with Gasteiger partial charge in [0.05, 0.1) is 11.4 Å². The zero-order valence-electron chi connectivity index (χ0n) is 11.1. The Morgan fingerprint density at radius 3 is 2.95 bits per heavy atom. The van der Waals surface area contributed by atoms with E-state index >= 15 is 0 Å². The largest absolute Gasteiger partial charge is 0.476 e. The van der Waals surface area contributed by atoms with Gasteiger partial charge in [-0.2, -0.15) is 0 Å². The fourth-order valence-corrected chi connectivity index (χ4v) is 1.94. The maximum atomic E-state index is 11.3. The van der Waals surface area contributed by atoms with Crippen molar-refractivity contribution < 1.29 is 9.53 Å². The minimum atomic E-state index is -0.227. The highest BCUT2D eigenvalue weighted by Crippen LogP contribution is 2.33. The molecule has 2 aromatic heterocycles. The lowest BCUT2D eigenvalue weighted by atomic mass is 10.2. The van der Waals surface area contributed by atoms with Gasteiger partial charge in [0.25, 0.3) is 5.91 Å². The van der Waals surface area contributed by atoms with Gasteiger partial charge in [-0.05, 0) is 26.0 Å². The predicted molar refractivity (Wildman–Crippen MR) is 73.2 cm³/mol. The second-order valence-electron chi connectivity index (χ2n) is 4.45. The molecule has 0 fully saturated rings. The van der Waals surface area contributed by atoms with Crippen LogP contribution in [0.15, 0.2) is 18.5 Å². The minimum Gasteiger partial charge on any atom is -0.476 e. The molecule has 2 N–H and O–H groups in total. The minimum absolute atomic E-state index is 0.0415. The molecule has 0 aromatic carbocycles. The molecule has 102 valence electrons. The lowest BCUT2D eigenvalue weighted by Crippen LogP contribution is -2.26. The molecule has 1 amide bonds. The zero-order chi connectivity index (χ0) is 14.1. The van der Waals surface area contributed by atoms with Crippen molar-refractivity contribution in [1.29, 1.82) is 0 Å². The van der Waals surface area contributed by atoms with Crippen LogP contribution in [-0.4, -0.2) is 27.5 Å². The van der Waals surface area contributed by atoms with Gasteiger partial charge in [0.1, 0.15) is 6.33 Å². The molecule has 2 aromatic rings. The highest BCUT2D eigenvalue weighted by molar-refractivity contribution is 5.95. The molecule has 0 bridgehead atoms. The first-order valence-corrected chi connectivity index (χ1v) is 6.12. The van der Waals surface area contributed by atoms with Crippen molar-refractivity contribution in [2.24, 2.45) is 0 Å². The van der Waals surface area contributed by atoms with Gasteiger partial charge in [-0.3, -0.25) is 9.78 Å². The van der Waals surface area contributed by atoms with Gasteiger partial charge in [0.15, 0.2) is 18.2 Å². The van der Waals surface area contributed by atoms with Crippen molar-refractivity contribution >= 4 is 23.2 Å². The molecule has 0 radical (unpaired) electrons. The molecule has 0 atom stereocenters. The summed E-state index contributed by atoms with van der Waals surface area (Å²) < 4.78 is 5.38. The van der Waals surface area contributed by atoms with Crippen molar-refractivity contribution in [1.82, 2.24) is 15.0 Å². The number of fused-ring (bicyclic) bond motifs is 1. The van der Waals surface area contributed by atoms with Crippen molar-refractivity contribution in [3.05, 3.63) is 29.8 Å². The molecule has 0 aliphatic carbocycles. The second-order valence-corrected chi connectivity index (χ2v) is 4.45. The Morgan fingerprint density at radius 1 is 1.30 bits per heavy atom. The van der Waals surface area contributed by atoms with Crippen molar-refractivity contribution in [2.75, 3.05) is 17.2 Å². The van der Waals surface area contributed by atoms with Crippen LogP contribution in [0.4, 0.5) is 17.3 Å². The summed E-state index contributed by atoms with van der Waals surface area (Å²) in [6.45, 7) is 3.80. The lowest BCUT2D eigenvalue weighted by Gasteiger charge is -2.19. The van der Waals surface area contributed by atoms with Crippen LogP contribution in [0.3, 0.4) is 0 Å². The van der Waals surface area contributed by atoms with E-state index < -0.39 is 0 Å². The van der Waals surface area contributed by atoms with Crippen LogP contribution >= 0.6 is 0 Å². The average Bonchev–Trinajstić information content (AvgIpc) is 2.41. The van der Waals surface area contributed by atoms with Gasteiger partial charge in [0.2, 0.25) is 5.75 Å². The Morgan fingerprint density at radius 2 is 2.15 bits per heavy atom. The SMILES string of the molecule is Cc1ccc(Nc2ncnc3c2OCC(=O)N3)c(C)n1. The van der Waals surface area contributed by atoms with Gasteiger partial charge in [-0.1, -0.05) is 0 Å². The van der Waals surface area contributed by atoms with Crippen molar-refractivity contribution in [3.8, 4) is 5.75 Å². The molecule has 7 heteroatoms. The van der Waals surface area contributed by atoms with E-state index in [0.29, 0.717) is 17.4 Å². The number of amides is 1. The van der Waals surface area contributed by atoms with E-state index in [0.717, 1.165) is 17.1 Å². The van der Waals surface area contributed by atoms with E-state index in [1.807, 2.05) is 26.0 Å². The third kappa shape index (κ3) is 2.25. The van der Waals surface area contributed by atoms with Crippen LogP contribution in [-0.2, 0) is 4.79 Å². The molecule has 0 spiro atoms. The zero-order valence-corrected chi connectivity index (χ0v) is 11.1. The van der Waals surface area contributed by atoms with Gasteiger partial charge in [0, 0.05) is 5.69 Å². The van der Waals surface area contributed by atoms with Crippen LogP contribution in [0.25, 0.3) is 0 Å². The van der Waals surface area contributed by atoms with E-state index in [-0.39, 0.29) is 12.5 Å². The normalized spacial score (nSPS) is 13.2. The van der Waals surface area contributed by atoms with Crippen LogP contribution in [0, 0.1) is 13.8 Å². The maximum Gasteiger partial charge on any atom is 0.263 e. The Kier molecular flexibility index (Phi) is 2.94. The van der Waals surface area contributed by atoms with Gasteiger partial charge >= 0.3 is 0 Å². The molecule has 1 aliphatic heterocycles. The van der Waals surface area contributed by atoms with E-state index in [1.54, 1.807) is 0 Å². The van der Waals surface area contributed by atoms with Crippen LogP contribution in [0.2, 0.25) is 0 Å². The first kappa shape index (κ1) is 12.3. The van der Waals surface area contributed by atoms with Gasteiger partial charge < -0.3 is 15.4 Å². The standard InChI is InChI=1S/C13H13N5O2/c1-7-3-4-9(8(2)16-7)17-12-11-13(15-6-14-12)18-10(19)5-20-11/h3-4,6H,5H2,1-2H3,(H2,14,15,17,18,19). The average molecular weight is 271 g/mol. The summed E-state index contributed by atoms with van der Waals surface area (Å²) in [5.74, 6) is 1.09. The predicted octanol–water partition coefficient (Wildman–Crippen LogP) is 1.56. The fourth-order valence-electron chi connectivity index (χ4n) is 1.94. The fraction of sp³-hybridized carbons (Fsp3) is 0.231. The van der Waals surface area contributed by atoms with Crippen LogP contribution in [0.1, 0.15) is 11.4 Å². The summed E-state index contributed by atoms with van der Waals surface area (Å²) in [5.41, 5.74) is 2.63. The van der Waals surface area contributed by atoms with E-state index in [2.05, 4.69) is 25.6 Å². The topological polar surface area (TPSA) is 89.0 Å². The summed E-state index contributed by atoms with van der Waals surface area (Å²) in [6, 6.07) is 3.83. The Labute approximate surface area is 115 Å². The molecule has 3 heterocycles. The second kappa shape index (κ2) is 4.76. The van der Waals surface area contributed by atoms with Crippen LogP contribution < -0.4 is 15.4 Å². The summed E-state index contributed by atoms with van der Waals surface area (Å²) in [6.07, 6.45) is 1.37. The molecule has 20 heavy (non-hydrogen) atoms. The van der Waals surface area contributed by atoms with Crippen LogP contribution in [0.5, 0.6) is 5.75 Å². The number of nitrogens with one attached hydrogen (secondary N) is 2. The van der Waals surface area contributed by atoms with Crippen molar-refractivity contribution in [2.45, 2.75) is 13.8 Å². The molecule has 1 aliphatic rings. The van der Waals surface area contributed by atoms with E-state index in [9.17, 15) is 4.79 Å². The van der Waals surface area contributed by atoms with E-state index in [1.165, 1.54) is 6.33 Å². The molecule has 0 saturated carbocycles. The number of pyridine rings is 1.